The quantitative estimate of drug-likeness (QED) is 0.562. The summed E-state index contributed by atoms with van der Waals surface area (Å²) in [6.45, 7) is 3.30. The molecule has 1 rings (SSSR count). The number of benzene rings is 1. The fourth-order valence-electron chi connectivity index (χ4n) is 1.40. The van der Waals surface area contributed by atoms with E-state index in [0.29, 0.717) is 6.54 Å². The first kappa shape index (κ1) is 16.4. The van der Waals surface area contributed by atoms with Crippen LogP contribution in [0.3, 0.4) is 0 Å². The van der Waals surface area contributed by atoms with Crippen LogP contribution in [0, 0.1) is 5.82 Å². The van der Waals surface area contributed by atoms with Crippen LogP contribution in [-0.2, 0) is 9.53 Å². The summed E-state index contributed by atoms with van der Waals surface area (Å²) in [5.41, 5.74) is 5.37. The molecule has 0 bridgehead atoms. The minimum absolute atomic E-state index is 0.0257. The summed E-state index contributed by atoms with van der Waals surface area (Å²) in [4.78, 5) is 34.5. The molecule has 0 aromatic heterocycles. The van der Waals surface area contributed by atoms with Crippen molar-refractivity contribution in [1.29, 1.82) is 0 Å². The molecule has 114 valence electrons. The van der Waals surface area contributed by atoms with Crippen molar-refractivity contribution in [1.82, 2.24) is 10.6 Å². The van der Waals surface area contributed by atoms with Crippen LogP contribution in [-0.4, -0.2) is 30.6 Å². The van der Waals surface area contributed by atoms with Crippen LogP contribution in [0.25, 0.3) is 0 Å². The van der Waals surface area contributed by atoms with Gasteiger partial charge in [0.2, 0.25) is 0 Å². The number of hydrogen-bond acceptors (Lipinski definition) is 5. The van der Waals surface area contributed by atoms with E-state index in [2.05, 4.69) is 5.32 Å². The Kier molecular flexibility index (Phi) is 5.65. The molecule has 8 heteroatoms. The predicted octanol–water partition coefficient (Wildman–Crippen LogP) is 0.799. The Hall–Kier alpha value is -2.64. The summed E-state index contributed by atoms with van der Waals surface area (Å²) in [6.07, 6.45) is -1.23. The van der Waals surface area contributed by atoms with Gasteiger partial charge in [-0.3, -0.25) is 10.1 Å². The third-order valence-corrected chi connectivity index (χ3v) is 2.46. The standard InChI is InChI=1S/C13H16FN3O4/c1-3-16-13(20)17-11(18)7(2)21-12(19)9-6-8(14)4-5-10(9)15/h4-7H,3,15H2,1-2H3,(H2,16,17,18,20). The van der Waals surface area contributed by atoms with Crippen molar-refractivity contribution < 1.29 is 23.5 Å². The number of nitrogen functional groups attached to an aromatic ring is 1. The van der Waals surface area contributed by atoms with Gasteiger partial charge in [-0.05, 0) is 32.0 Å². The number of carbonyl (C=O) groups is 3. The Bertz CT molecular complexity index is 562. The van der Waals surface area contributed by atoms with E-state index in [1.165, 1.54) is 13.0 Å². The minimum atomic E-state index is -1.23. The number of anilines is 1. The molecule has 7 nitrogen and oxygen atoms in total. The average Bonchev–Trinajstić information content (AvgIpc) is 2.41. The molecular weight excluding hydrogens is 281 g/mol. The molecule has 3 amide bonds. The van der Waals surface area contributed by atoms with Crippen LogP contribution >= 0.6 is 0 Å². The molecule has 0 saturated heterocycles. The Balaban J connectivity index is 2.67. The van der Waals surface area contributed by atoms with Crippen LogP contribution in [0.2, 0.25) is 0 Å². The highest BCUT2D eigenvalue weighted by Gasteiger charge is 2.22. The lowest BCUT2D eigenvalue weighted by atomic mass is 10.2. The van der Waals surface area contributed by atoms with Crippen LogP contribution < -0.4 is 16.4 Å². The summed E-state index contributed by atoms with van der Waals surface area (Å²) < 4.78 is 17.9. The van der Waals surface area contributed by atoms with Gasteiger partial charge in [0.1, 0.15) is 5.82 Å². The SMILES string of the molecule is CCNC(=O)NC(=O)C(C)OC(=O)c1cc(F)ccc1N. The monoisotopic (exact) mass is 297 g/mol. The number of carbonyl (C=O) groups excluding carboxylic acids is 3. The number of nitrogens with two attached hydrogens (primary N) is 1. The topological polar surface area (TPSA) is 111 Å². The van der Waals surface area contributed by atoms with Crippen molar-refractivity contribution in [3.63, 3.8) is 0 Å². The van der Waals surface area contributed by atoms with E-state index in [1.54, 1.807) is 6.92 Å². The van der Waals surface area contributed by atoms with Gasteiger partial charge in [-0.25, -0.2) is 14.0 Å². The molecule has 0 heterocycles. The predicted molar refractivity (Wildman–Crippen MR) is 72.9 cm³/mol. The maximum absolute atomic E-state index is 13.1. The zero-order valence-electron chi connectivity index (χ0n) is 11.6. The smallest absolute Gasteiger partial charge is 0.341 e. The van der Waals surface area contributed by atoms with Crippen LogP contribution in [0.4, 0.5) is 14.9 Å². The number of halogens is 1. The number of esters is 1. The van der Waals surface area contributed by atoms with Gasteiger partial charge < -0.3 is 15.8 Å². The van der Waals surface area contributed by atoms with Crippen molar-refractivity contribution in [3.8, 4) is 0 Å². The molecule has 1 aromatic carbocycles. The Morgan fingerprint density at radius 1 is 1.38 bits per heavy atom. The second-order valence-corrected chi connectivity index (χ2v) is 4.13. The lowest BCUT2D eigenvalue weighted by Gasteiger charge is -2.13. The molecule has 0 radical (unpaired) electrons. The summed E-state index contributed by atoms with van der Waals surface area (Å²) in [5.74, 6) is -2.41. The first-order valence-corrected chi connectivity index (χ1v) is 6.19. The van der Waals surface area contributed by atoms with Crippen molar-refractivity contribution in [3.05, 3.63) is 29.6 Å². The van der Waals surface area contributed by atoms with Crippen LogP contribution in [0.15, 0.2) is 18.2 Å². The van der Waals surface area contributed by atoms with E-state index < -0.39 is 29.8 Å². The van der Waals surface area contributed by atoms with Gasteiger partial charge in [0.25, 0.3) is 5.91 Å². The van der Waals surface area contributed by atoms with E-state index >= 15 is 0 Å². The molecular formula is C13H16FN3O4. The highest BCUT2D eigenvalue weighted by Crippen LogP contribution is 2.15. The van der Waals surface area contributed by atoms with E-state index in [4.69, 9.17) is 10.5 Å². The molecule has 4 N–H and O–H groups in total. The number of imide groups is 1. The van der Waals surface area contributed by atoms with Crippen LogP contribution in [0.5, 0.6) is 0 Å². The second kappa shape index (κ2) is 7.22. The minimum Gasteiger partial charge on any atom is -0.449 e. The first-order chi connectivity index (χ1) is 9.85. The highest BCUT2D eigenvalue weighted by atomic mass is 19.1. The lowest BCUT2D eigenvalue weighted by Crippen LogP contribution is -2.44. The highest BCUT2D eigenvalue weighted by molar-refractivity contribution is 5.99. The molecule has 0 aliphatic rings. The third-order valence-electron chi connectivity index (χ3n) is 2.46. The molecule has 0 spiro atoms. The lowest BCUT2D eigenvalue weighted by molar-refractivity contribution is -0.127. The Labute approximate surface area is 120 Å². The third kappa shape index (κ3) is 4.75. The largest absolute Gasteiger partial charge is 0.449 e. The van der Waals surface area contributed by atoms with Gasteiger partial charge in [0.05, 0.1) is 5.56 Å². The molecule has 1 aromatic rings. The maximum atomic E-state index is 13.1. The number of hydrogen-bond donors (Lipinski definition) is 3. The van der Waals surface area contributed by atoms with E-state index in [-0.39, 0.29) is 11.3 Å². The summed E-state index contributed by atoms with van der Waals surface area (Å²) in [5, 5.41) is 4.34. The van der Waals surface area contributed by atoms with Gasteiger partial charge >= 0.3 is 12.0 Å². The molecule has 0 saturated carbocycles. The zero-order valence-corrected chi connectivity index (χ0v) is 11.6. The summed E-state index contributed by atoms with van der Waals surface area (Å²) in [6, 6.07) is 2.52. The molecule has 0 fully saturated rings. The second-order valence-electron chi connectivity index (χ2n) is 4.13. The van der Waals surface area contributed by atoms with Crippen molar-refractivity contribution >= 4 is 23.6 Å². The van der Waals surface area contributed by atoms with Gasteiger partial charge in [-0.15, -0.1) is 0 Å². The number of ether oxygens (including phenoxy) is 1. The number of rotatable bonds is 4. The average molecular weight is 297 g/mol. The van der Waals surface area contributed by atoms with Gasteiger partial charge in [-0.2, -0.15) is 0 Å². The fraction of sp³-hybridized carbons (Fsp3) is 0.308. The first-order valence-electron chi connectivity index (χ1n) is 6.19. The van der Waals surface area contributed by atoms with Crippen molar-refractivity contribution in [2.45, 2.75) is 20.0 Å². The maximum Gasteiger partial charge on any atom is 0.341 e. The Morgan fingerprint density at radius 3 is 2.67 bits per heavy atom. The van der Waals surface area contributed by atoms with Gasteiger partial charge in [-0.1, -0.05) is 0 Å². The van der Waals surface area contributed by atoms with Crippen molar-refractivity contribution in [2.24, 2.45) is 0 Å². The van der Waals surface area contributed by atoms with E-state index in [9.17, 15) is 18.8 Å². The van der Waals surface area contributed by atoms with Gasteiger partial charge in [0.15, 0.2) is 6.10 Å². The van der Waals surface area contributed by atoms with E-state index in [0.717, 1.165) is 12.1 Å². The van der Waals surface area contributed by atoms with Gasteiger partial charge in [0, 0.05) is 12.2 Å². The molecule has 1 unspecified atom stereocenters. The molecule has 21 heavy (non-hydrogen) atoms. The molecule has 1 atom stereocenters. The zero-order chi connectivity index (χ0) is 16.0. The van der Waals surface area contributed by atoms with Crippen LogP contribution in [0.1, 0.15) is 24.2 Å². The molecule has 0 aliphatic heterocycles. The van der Waals surface area contributed by atoms with E-state index in [1.807, 2.05) is 5.32 Å². The molecule has 0 aliphatic carbocycles. The fourth-order valence-corrected chi connectivity index (χ4v) is 1.40. The number of nitrogens with one attached hydrogen (secondary N) is 2. The number of urea groups is 1. The van der Waals surface area contributed by atoms with Crippen molar-refractivity contribution in [2.75, 3.05) is 12.3 Å². The summed E-state index contributed by atoms with van der Waals surface area (Å²) in [7, 11) is 0. The summed E-state index contributed by atoms with van der Waals surface area (Å²) >= 11 is 0. The Morgan fingerprint density at radius 2 is 2.05 bits per heavy atom. The normalized spacial score (nSPS) is 11.4. The number of amides is 3.